The molecule has 0 aromatic carbocycles. The molecule has 0 saturated heterocycles. The van der Waals surface area contributed by atoms with Crippen LogP contribution in [0.15, 0.2) is 6.20 Å². The maximum atomic E-state index is 5.65. The predicted molar refractivity (Wildman–Crippen MR) is 68.7 cm³/mol. The Bertz CT molecular complexity index is 492. The molecular weight excluding hydrogens is 216 g/mol. The molecule has 0 aliphatic rings. The minimum absolute atomic E-state index is 0.256. The first-order valence-electron chi connectivity index (χ1n) is 5.93. The Morgan fingerprint density at radius 3 is 3.06 bits per heavy atom. The number of fused-ring (bicyclic) bond motifs is 1. The molecule has 1 unspecified atom stereocenters. The lowest BCUT2D eigenvalue weighted by atomic mass is 10.1. The fraction of sp³-hybridized carbons (Fsp3) is 0.545. The minimum Gasteiger partial charge on any atom is -0.368 e. The van der Waals surface area contributed by atoms with Gasteiger partial charge in [-0.2, -0.15) is 15.1 Å². The van der Waals surface area contributed by atoms with Crippen molar-refractivity contribution in [2.75, 3.05) is 11.1 Å². The first-order chi connectivity index (χ1) is 8.20. The molecule has 92 valence electrons. The molecule has 6 heteroatoms. The summed E-state index contributed by atoms with van der Waals surface area (Å²) in [5.41, 5.74) is 6.32. The summed E-state index contributed by atoms with van der Waals surface area (Å²) in [5.74, 6) is 1.01. The van der Waals surface area contributed by atoms with Crippen LogP contribution in [0.5, 0.6) is 0 Å². The van der Waals surface area contributed by atoms with Crippen molar-refractivity contribution in [1.82, 2.24) is 20.2 Å². The zero-order valence-corrected chi connectivity index (χ0v) is 10.2. The molecule has 0 saturated carbocycles. The first kappa shape index (κ1) is 11.6. The summed E-state index contributed by atoms with van der Waals surface area (Å²) in [4.78, 5) is 8.29. The van der Waals surface area contributed by atoms with Gasteiger partial charge in [0.1, 0.15) is 5.82 Å². The van der Waals surface area contributed by atoms with Gasteiger partial charge in [0.25, 0.3) is 0 Å². The van der Waals surface area contributed by atoms with E-state index in [9.17, 15) is 0 Å². The monoisotopic (exact) mass is 234 g/mol. The summed E-state index contributed by atoms with van der Waals surface area (Å²) in [6, 6.07) is 0.363. The van der Waals surface area contributed by atoms with Crippen molar-refractivity contribution < 1.29 is 0 Å². The fourth-order valence-corrected chi connectivity index (χ4v) is 1.78. The standard InChI is InChI=1S/C11H18N6/c1-3-4-5-7(2)14-9-8-6-13-17-10(8)16-11(12)15-9/h6-7H,3-5H2,1-2H3,(H4,12,13,14,15,16,17). The summed E-state index contributed by atoms with van der Waals surface area (Å²) >= 11 is 0. The second kappa shape index (κ2) is 4.99. The lowest BCUT2D eigenvalue weighted by Crippen LogP contribution is -2.16. The third-order valence-corrected chi connectivity index (χ3v) is 2.70. The Morgan fingerprint density at radius 2 is 2.29 bits per heavy atom. The summed E-state index contributed by atoms with van der Waals surface area (Å²) in [5, 5.41) is 11.0. The van der Waals surface area contributed by atoms with Crippen LogP contribution in [0.25, 0.3) is 11.0 Å². The molecule has 2 heterocycles. The number of unbranched alkanes of at least 4 members (excludes halogenated alkanes) is 1. The second-order valence-corrected chi connectivity index (χ2v) is 4.25. The molecule has 6 nitrogen and oxygen atoms in total. The van der Waals surface area contributed by atoms with Crippen molar-refractivity contribution >= 4 is 22.8 Å². The molecule has 1 atom stereocenters. The van der Waals surface area contributed by atoms with Gasteiger partial charge in [-0.05, 0) is 13.3 Å². The average molecular weight is 234 g/mol. The maximum absolute atomic E-state index is 5.65. The lowest BCUT2D eigenvalue weighted by molar-refractivity contribution is 0.644. The van der Waals surface area contributed by atoms with Gasteiger partial charge < -0.3 is 11.1 Å². The number of aromatic nitrogens is 4. The van der Waals surface area contributed by atoms with E-state index in [-0.39, 0.29) is 5.95 Å². The van der Waals surface area contributed by atoms with Gasteiger partial charge >= 0.3 is 0 Å². The van der Waals surface area contributed by atoms with E-state index in [4.69, 9.17) is 5.73 Å². The molecule has 0 aliphatic carbocycles. The van der Waals surface area contributed by atoms with E-state index >= 15 is 0 Å². The average Bonchev–Trinajstić information content (AvgIpc) is 2.74. The largest absolute Gasteiger partial charge is 0.368 e. The Hall–Kier alpha value is -1.85. The number of nitrogens with two attached hydrogens (primary N) is 1. The van der Waals surface area contributed by atoms with Crippen LogP contribution in [-0.4, -0.2) is 26.2 Å². The normalized spacial score (nSPS) is 12.8. The lowest BCUT2D eigenvalue weighted by Gasteiger charge is -2.14. The molecule has 0 amide bonds. The third kappa shape index (κ3) is 2.64. The zero-order chi connectivity index (χ0) is 12.3. The van der Waals surface area contributed by atoms with Crippen molar-refractivity contribution in [3.05, 3.63) is 6.20 Å². The second-order valence-electron chi connectivity index (χ2n) is 4.25. The molecule has 0 fully saturated rings. The molecule has 0 aliphatic heterocycles. The quantitative estimate of drug-likeness (QED) is 0.735. The topological polar surface area (TPSA) is 92.5 Å². The highest BCUT2D eigenvalue weighted by Gasteiger charge is 2.10. The van der Waals surface area contributed by atoms with Crippen molar-refractivity contribution in [1.29, 1.82) is 0 Å². The van der Waals surface area contributed by atoms with E-state index in [1.165, 1.54) is 12.8 Å². The van der Waals surface area contributed by atoms with Crippen molar-refractivity contribution in [3.63, 3.8) is 0 Å². The highest BCUT2D eigenvalue weighted by atomic mass is 15.2. The van der Waals surface area contributed by atoms with Crippen LogP contribution < -0.4 is 11.1 Å². The van der Waals surface area contributed by atoms with Crippen LogP contribution in [0, 0.1) is 0 Å². The number of H-pyrrole nitrogens is 1. The van der Waals surface area contributed by atoms with Crippen LogP contribution in [0.3, 0.4) is 0 Å². The van der Waals surface area contributed by atoms with Gasteiger partial charge in [0.15, 0.2) is 5.65 Å². The van der Waals surface area contributed by atoms with Crippen molar-refractivity contribution in [2.24, 2.45) is 0 Å². The Morgan fingerprint density at radius 1 is 1.47 bits per heavy atom. The van der Waals surface area contributed by atoms with Gasteiger partial charge in [0, 0.05) is 6.04 Å². The highest BCUT2D eigenvalue weighted by molar-refractivity contribution is 5.86. The minimum atomic E-state index is 0.256. The Kier molecular flexibility index (Phi) is 3.41. The molecule has 17 heavy (non-hydrogen) atoms. The van der Waals surface area contributed by atoms with Gasteiger partial charge in [-0.3, -0.25) is 5.10 Å². The molecule has 2 aromatic rings. The molecule has 2 aromatic heterocycles. The van der Waals surface area contributed by atoms with E-state index in [0.717, 1.165) is 17.6 Å². The van der Waals surface area contributed by atoms with Gasteiger partial charge in [0.2, 0.25) is 5.95 Å². The number of aromatic amines is 1. The first-order valence-corrected chi connectivity index (χ1v) is 5.93. The van der Waals surface area contributed by atoms with Gasteiger partial charge in [-0.1, -0.05) is 19.8 Å². The van der Waals surface area contributed by atoms with Gasteiger partial charge in [-0.15, -0.1) is 0 Å². The molecule has 0 bridgehead atoms. The number of nitrogens with zero attached hydrogens (tertiary/aromatic N) is 3. The van der Waals surface area contributed by atoms with E-state index in [2.05, 4.69) is 39.3 Å². The van der Waals surface area contributed by atoms with E-state index in [0.29, 0.717) is 11.7 Å². The molecule has 2 rings (SSSR count). The smallest absolute Gasteiger partial charge is 0.224 e. The number of anilines is 2. The zero-order valence-electron chi connectivity index (χ0n) is 10.2. The fourth-order valence-electron chi connectivity index (χ4n) is 1.78. The van der Waals surface area contributed by atoms with Crippen LogP contribution in [-0.2, 0) is 0 Å². The van der Waals surface area contributed by atoms with Crippen LogP contribution in [0.4, 0.5) is 11.8 Å². The number of nitrogen functional groups attached to an aromatic ring is 1. The summed E-state index contributed by atoms with van der Waals surface area (Å²) in [6.07, 6.45) is 5.21. The SMILES string of the molecule is CCCCC(C)Nc1nc(N)nc2[nH]ncc12. The Balaban J connectivity index is 2.19. The van der Waals surface area contributed by atoms with E-state index < -0.39 is 0 Å². The van der Waals surface area contributed by atoms with Crippen molar-refractivity contribution in [3.8, 4) is 0 Å². The highest BCUT2D eigenvalue weighted by Crippen LogP contribution is 2.20. The molecule has 4 N–H and O–H groups in total. The molecule has 0 spiro atoms. The maximum Gasteiger partial charge on any atom is 0.224 e. The summed E-state index contributed by atoms with van der Waals surface area (Å²) < 4.78 is 0. The van der Waals surface area contributed by atoms with Crippen molar-refractivity contribution in [2.45, 2.75) is 39.2 Å². The number of hydrogen-bond donors (Lipinski definition) is 3. The van der Waals surface area contributed by atoms with E-state index in [1.807, 2.05) is 0 Å². The van der Waals surface area contributed by atoms with E-state index in [1.54, 1.807) is 6.20 Å². The number of rotatable bonds is 5. The third-order valence-electron chi connectivity index (χ3n) is 2.70. The Labute approximate surface area is 100 Å². The van der Waals surface area contributed by atoms with Crippen LogP contribution in [0.2, 0.25) is 0 Å². The summed E-state index contributed by atoms with van der Waals surface area (Å²) in [6.45, 7) is 4.32. The number of nitrogens with one attached hydrogen (secondary N) is 2. The van der Waals surface area contributed by atoms with Gasteiger partial charge in [-0.25, -0.2) is 0 Å². The molecule has 0 radical (unpaired) electrons. The summed E-state index contributed by atoms with van der Waals surface area (Å²) in [7, 11) is 0. The number of hydrogen-bond acceptors (Lipinski definition) is 5. The van der Waals surface area contributed by atoms with Crippen LogP contribution in [0.1, 0.15) is 33.1 Å². The van der Waals surface area contributed by atoms with Crippen LogP contribution >= 0.6 is 0 Å². The predicted octanol–water partition coefficient (Wildman–Crippen LogP) is 1.93. The van der Waals surface area contributed by atoms with Gasteiger partial charge in [0.05, 0.1) is 11.6 Å². The molecular formula is C11H18N6.